The number of nitro benzene ring substituents is 1. The molecule has 1 saturated heterocycles. The number of alkyl halides is 1. The number of thioether (sulfide) groups is 1. The van der Waals surface area contributed by atoms with Gasteiger partial charge >= 0.3 is 11.9 Å². The highest BCUT2D eigenvalue weighted by molar-refractivity contribution is 9.10. The molecule has 0 bridgehead atoms. The number of esters is 2. The van der Waals surface area contributed by atoms with Crippen molar-refractivity contribution in [2.75, 3.05) is 6.61 Å². The normalized spacial score (nSPS) is 22.9. The fraction of sp³-hybridized carbons (Fsp3) is 0.333. The molecule has 5 rings (SSSR count). The van der Waals surface area contributed by atoms with E-state index in [1.165, 1.54) is 53.3 Å². The summed E-state index contributed by atoms with van der Waals surface area (Å²) in [4.78, 5) is 49.4. The first-order valence-corrected chi connectivity index (χ1v) is 12.1. The monoisotopic (exact) mass is 564 g/mol. The molecule has 0 spiro atoms. The van der Waals surface area contributed by atoms with Crippen LogP contribution >= 0.6 is 27.7 Å². The number of hydrogen-bond acceptors (Lipinski definition) is 10. The molecular weight excluding hydrogens is 548 g/mol. The van der Waals surface area contributed by atoms with Crippen LogP contribution in [-0.4, -0.2) is 53.8 Å². The summed E-state index contributed by atoms with van der Waals surface area (Å²) < 4.78 is 16.6. The summed E-state index contributed by atoms with van der Waals surface area (Å²) in [5.74, 6) is -1.27. The summed E-state index contributed by atoms with van der Waals surface area (Å²) in [6, 6.07) is 7.23. The predicted octanol–water partition coefficient (Wildman–Crippen LogP) is 2.42. The Morgan fingerprint density at radius 3 is 2.80 bits per heavy atom. The van der Waals surface area contributed by atoms with Crippen molar-refractivity contribution in [2.24, 2.45) is 0 Å². The molecule has 0 radical (unpaired) electrons. The molecule has 1 fully saturated rings. The molecule has 3 aliphatic rings. The Kier molecular flexibility index (Phi) is 5.79. The maximum absolute atomic E-state index is 13.3. The zero-order valence-electron chi connectivity index (χ0n) is 18.1. The molecule has 3 aliphatic heterocycles. The summed E-state index contributed by atoms with van der Waals surface area (Å²) in [5, 5.41) is 16.1. The van der Waals surface area contributed by atoms with Crippen molar-refractivity contribution in [1.82, 2.24) is 14.7 Å². The zero-order valence-corrected chi connectivity index (χ0v) is 20.5. The first-order valence-electron chi connectivity index (χ1n) is 10.4. The number of nitro groups is 1. The van der Waals surface area contributed by atoms with Crippen molar-refractivity contribution in [2.45, 2.75) is 35.9 Å². The number of aromatic nitrogens is 2. The van der Waals surface area contributed by atoms with Gasteiger partial charge in [-0.15, -0.1) is 11.8 Å². The molecule has 0 saturated carbocycles. The van der Waals surface area contributed by atoms with Gasteiger partial charge in [0.05, 0.1) is 11.5 Å². The Hall–Kier alpha value is -3.39. The second-order valence-electron chi connectivity index (χ2n) is 7.90. The number of rotatable bonds is 7. The van der Waals surface area contributed by atoms with Crippen LogP contribution in [0.4, 0.5) is 5.69 Å². The quantitative estimate of drug-likeness (QED) is 0.161. The smallest absolute Gasteiger partial charge is 0.355 e. The molecule has 35 heavy (non-hydrogen) atoms. The van der Waals surface area contributed by atoms with Crippen molar-refractivity contribution in [3.05, 3.63) is 62.8 Å². The van der Waals surface area contributed by atoms with Gasteiger partial charge in [-0.05, 0) is 17.7 Å². The van der Waals surface area contributed by atoms with Crippen molar-refractivity contribution >= 4 is 51.2 Å². The van der Waals surface area contributed by atoms with Crippen LogP contribution in [0, 0.1) is 10.1 Å². The SMILES string of the molecule is CC(=O)OC(c1cc2n(n1)CCO2)C1(Br)C(=O)N2C(C(=O)OCc3ccc([N+](=O)[O-])cc3)=CS[C@@H]21. The predicted molar refractivity (Wildman–Crippen MR) is 123 cm³/mol. The van der Waals surface area contributed by atoms with Crippen molar-refractivity contribution in [3.63, 3.8) is 0 Å². The Labute approximate surface area is 210 Å². The summed E-state index contributed by atoms with van der Waals surface area (Å²) in [6.45, 7) is 2.15. The molecule has 182 valence electrons. The van der Waals surface area contributed by atoms with E-state index < -0.39 is 38.6 Å². The van der Waals surface area contributed by atoms with Gasteiger partial charge in [-0.3, -0.25) is 24.6 Å². The van der Waals surface area contributed by atoms with Gasteiger partial charge in [-0.25, -0.2) is 9.48 Å². The average Bonchev–Trinajstić information content (AvgIpc) is 3.54. The number of carbonyl (C=O) groups is 3. The molecule has 1 aromatic heterocycles. The lowest BCUT2D eigenvalue weighted by Crippen LogP contribution is -2.70. The van der Waals surface area contributed by atoms with Crippen LogP contribution in [0.5, 0.6) is 5.88 Å². The Morgan fingerprint density at radius 2 is 2.14 bits per heavy atom. The molecule has 2 unspecified atom stereocenters. The summed E-state index contributed by atoms with van der Waals surface area (Å²) in [5.41, 5.74) is 0.893. The van der Waals surface area contributed by atoms with Gasteiger partial charge in [-0.1, -0.05) is 15.9 Å². The van der Waals surface area contributed by atoms with Crippen LogP contribution in [0.15, 0.2) is 41.4 Å². The second-order valence-corrected chi connectivity index (χ2v) is 10.2. The van der Waals surface area contributed by atoms with Gasteiger partial charge in [-0.2, -0.15) is 5.10 Å². The van der Waals surface area contributed by atoms with Gasteiger partial charge in [0.1, 0.15) is 30.0 Å². The van der Waals surface area contributed by atoms with Gasteiger partial charge < -0.3 is 14.2 Å². The van der Waals surface area contributed by atoms with Crippen LogP contribution in [-0.2, 0) is 37.0 Å². The van der Waals surface area contributed by atoms with Crippen molar-refractivity contribution in [3.8, 4) is 5.88 Å². The molecule has 1 amide bonds. The highest BCUT2D eigenvalue weighted by atomic mass is 79.9. The van der Waals surface area contributed by atoms with Crippen LogP contribution in [0.3, 0.4) is 0 Å². The third-order valence-electron chi connectivity index (χ3n) is 5.68. The number of ether oxygens (including phenoxy) is 3. The van der Waals surface area contributed by atoms with E-state index in [4.69, 9.17) is 14.2 Å². The van der Waals surface area contributed by atoms with E-state index in [2.05, 4.69) is 21.0 Å². The summed E-state index contributed by atoms with van der Waals surface area (Å²) in [7, 11) is 0. The molecule has 14 heteroatoms. The van der Waals surface area contributed by atoms with E-state index in [1.807, 2.05) is 0 Å². The molecule has 1 aromatic carbocycles. The lowest BCUT2D eigenvalue weighted by Gasteiger charge is -2.51. The molecule has 12 nitrogen and oxygen atoms in total. The summed E-state index contributed by atoms with van der Waals surface area (Å²) >= 11 is 4.71. The van der Waals surface area contributed by atoms with Crippen molar-refractivity contribution in [1.29, 1.82) is 0 Å². The van der Waals surface area contributed by atoms with Crippen molar-refractivity contribution < 1.29 is 33.5 Å². The number of carbonyl (C=O) groups excluding carboxylic acids is 3. The van der Waals surface area contributed by atoms with Crippen LogP contribution in [0.25, 0.3) is 0 Å². The van der Waals surface area contributed by atoms with E-state index in [0.717, 1.165) is 0 Å². The molecule has 0 N–H and O–H groups in total. The van der Waals surface area contributed by atoms with Crippen LogP contribution in [0.2, 0.25) is 0 Å². The maximum atomic E-state index is 13.3. The zero-order chi connectivity index (χ0) is 24.9. The van der Waals surface area contributed by atoms with E-state index >= 15 is 0 Å². The Balaban J connectivity index is 1.30. The number of benzene rings is 1. The fourth-order valence-electron chi connectivity index (χ4n) is 4.01. The third-order valence-corrected chi connectivity index (χ3v) is 8.38. The highest BCUT2D eigenvalue weighted by Crippen LogP contribution is 2.58. The maximum Gasteiger partial charge on any atom is 0.355 e. The molecule has 3 atom stereocenters. The first kappa shape index (κ1) is 23.4. The lowest BCUT2D eigenvalue weighted by molar-refractivity contribution is -0.384. The number of fused-ring (bicyclic) bond motifs is 2. The minimum absolute atomic E-state index is 0.0548. The Bertz CT molecular complexity index is 1260. The fourth-order valence-corrected chi connectivity index (χ4v) is 6.28. The second kappa shape index (κ2) is 8.68. The highest BCUT2D eigenvalue weighted by Gasteiger charge is 2.69. The van der Waals surface area contributed by atoms with Gasteiger partial charge in [0.15, 0.2) is 10.4 Å². The number of amides is 1. The number of halogens is 1. The van der Waals surface area contributed by atoms with Crippen LogP contribution < -0.4 is 4.74 Å². The van der Waals surface area contributed by atoms with Gasteiger partial charge in [0.25, 0.3) is 11.6 Å². The number of nitrogens with zero attached hydrogens (tertiary/aromatic N) is 4. The largest absolute Gasteiger partial charge is 0.476 e. The molecule has 0 aliphatic carbocycles. The van der Waals surface area contributed by atoms with E-state index in [1.54, 1.807) is 10.7 Å². The first-order chi connectivity index (χ1) is 16.7. The number of non-ortho nitro benzene ring substituents is 1. The minimum Gasteiger partial charge on any atom is -0.476 e. The molecular formula is C21H17BrN4O8S. The summed E-state index contributed by atoms with van der Waals surface area (Å²) in [6.07, 6.45) is -1.05. The topological polar surface area (TPSA) is 143 Å². The number of hydrogen-bond donors (Lipinski definition) is 0. The van der Waals surface area contributed by atoms with E-state index in [-0.39, 0.29) is 18.0 Å². The van der Waals surface area contributed by atoms with Gasteiger partial charge in [0.2, 0.25) is 5.88 Å². The average molecular weight is 565 g/mol. The van der Waals surface area contributed by atoms with Gasteiger partial charge in [0, 0.05) is 30.5 Å². The third kappa shape index (κ3) is 3.86. The molecule has 2 aromatic rings. The standard InChI is InChI=1S/C21H17BrN4O8S/c1-11(27)34-17(14-8-16-24(23-14)6-7-32-16)21(22)19(29)25-15(10-35-20(21)25)18(28)33-9-12-2-4-13(5-3-12)26(30)31/h2-5,8,10,17,20H,6-7,9H2,1H3/t17?,20-,21?/m1/s1. The van der Waals surface area contributed by atoms with E-state index in [0.29, 0.717) is 30.3 Å². The lowest BCUT2D eigenvalue weighted by atomic mass is 9.89. The number of β-lactam (4-membered cyclic amide) rings is 1. The Morgan fingerprint density at radius 1 is 1.40 bits per heavy atom. The van der Waals surface area contributed by atoms with E-state index in [9.17, 15) is 24.5 Å². The van der Waals surface area contributed by atoms with Crippen LogP contribution in [0.1, 0.15) is 24.3 Å². The molecule has 4 heterocycles. The minimum atomic E-state index is -1.35.